The van der Waals surface area contributed by atoms with Crippen LogP contribution in [-0.2, 0) is 23.9 Å². The molecular formula is C26H30N2O8. The van der Waals surface area contributed by atoms with Crippen LogP contribution in [0.15, 0.2) is 42.5 Å². The van der Waals surface area contributed by atoms with Gasteiger partial charge in [-0.05, 0) is 42.8 Å². The summed E-state index contributed by atoms with van der Waals surface area (Å²) >= 11 is 0. The van der Waals surface area contributed by atoms with E-state index in [9.17, 15) is 19.2 Å². The summed E-state index contributed by atoms with van der Waals surface area (Å²) < 4.78 is 20.9. The number of nitrogens with one attached hydrogen (secondary N) is 1. The van der Waals surface area contributed by atoms with E-state index in [-0.39, 0.29) is 18.9 Å². The Morgan fingerprint density at radius 1 is 1.03 bits per heavy atom. The van der Waals surface area contributed by atoms with Crippen LogP contribution in [0.25, 0.3) is 0 Å². The van der Waals surface area contributed by atoms with Gasteiger partial charge in [-0.25, -0.2) is 4.79 Å². The molecule has 1 N–H and O–H groups in total. The molecule has 0 saturated carbocycles. The van der Waals surface area contributed by atoms with Crippen molar-refractivity contribution in [3.8, 4) is 11.5 Å². The van der Waals surface area contributed by atoms with E-state index in [2.05, 4.69) is 5.32 Å². The van der Waals surface area contributed by atoms with Gasteiger partial charge >= 0.3 is 11.9 Å². The highest BCUT2D eigenvalue weighted by Gasteiger charge is 2.37. The molecule has 0 unspecified atom stereocenters. The van der Waals surface area contributed by atoms with Gasteiger partial charge in [0, 0.05) is 24.7 Å². The highest BCUT2D eigenvalue weighted by molar-refractivity contribution is 6.01. The van der Waals surface area contributed by atoms with Crippen LogP contribution < -0.4 is 19.7 Å². The first-order valence-electron chi connectivity index (χ1n) is 11.6. The summed E-state index contributed by atoms with van der Waals surface area (Å²) in [7, 11) is 3.00. The van der Waals surface area contributed by atoms with Crippen LogP contribution in [0.3, 0.4) is 0 Å². The molecule has 0 bridgehead atoms. The standard InChI is InChI=1S/C26H30N2O8/c1-4-5-12-35-25(31)17-6-8-19(9-7-17)27-23(29)16-36-26(32)18-13-24(30)28(15-18)21-14-20(33-2)10-11-22(21)34-3/h6-11,14,18H,4-5,12-13,15-16H2,1-3H3,(H,27,29)/t18-/m0/s1. The maximum Gasteiger partial charge on any atom is 0.338 e. The molecule has 10 heteroatoms. The lowest BCUT2D eigenvalue weighted by atomic mass is 10.1. The molecule has 0 aromatic heterocycles. The van der Waals surface area contributed by atoms with Crippen LogP contribution in [0, 0.1) is 5.92 Å². The predicted molar refractivity (Wildman–Crippen MR) is 131 cm³/mol. The minimum absolute atomic E-state index is 0.0450. The molecule has 2 aromatic rings. The van der Waals surface area contributed by atoms with E-state index in [4.69, 9.17) is 18.9 Å². The third-order valence-corrected chi connectivity index (χ3v) is 5.62. The zero-order valence-corrected chi connectivity index (χ0v) is 20.6. The molecule has 192 valence electrons. The Morgan fingerprint density at radius 3 is 2.44 bits per heavy atom. The molecule has 36 heavy (non-hydrogen) atoms. The Labute approximate surface area is 209 Å². The lowest BCUT2D eigenvalue weighted by Crippen LogP contribution is -2.28. The molecule has 2 aromatic carbocycles. The molecule has 1 heterocycles. The molecule has 3 rings (SSSR count). The van der Waals surface area contributed by atoms with Gasteiger partial charge in [-0.3, -0.25) is 14.4 Å². The fourth-order valence-electron chi connectivity index (χ4n) is 3.64. The Balaban J connectivity index is 1.50. The van der Waals surface area contributed by atoms with Crippen molar-refractivity contribution in [1.82, 2.24) is 0 Å². The van der Waals surface area contributed by atoms with E-state index in [1.54, 1.807) is 42.5 Å². The summed E-state index contributed by atoms with van der Waals surface area (Å²) in [5.41, 5.74) is 1.31. The van der Waals surface area contributed by atoms with Crippen molar-refractivity contribution in [2.45, 2.75) is 26.2 Å². The van der Waals surface area contributed by atoms with Crippen molar-refractivity contribution in [3.63, 3.8) is 0 Å². The van der Waals surface area contributed by atoms with Crippen LogP contribution in [0.4, 0.5) is 11.4 Å². The third kappa shape index (κ3) is 6.74. The summed E-state index contributed by atoms with van der Waals surface area (Å²) in [6, 6.07) is 11.3. The molecule has 1 aliphatic rings. The zero-order chi connectivity index (χ0) is 26.1. The maximum atomic E-state index is 12.6. The van der Waals surface area contributed by atoms with Crippen molar-refractivity contribution in [1.29, 1.82) is 0 Å². The van der Waals surface area contributed by atoms with Gasteiger partial charge in [0.1, 0.15) is 11.5 Å². The fourth-order valence-corrected chi connectivity index (χ4v) is 3.64. The second-order valence-electron chi connectivity index (χ2n) is 8.17. The van der Waals surface area contributed by atoms with Gasteiger partial charge < -0.3 is 29.2 Å². The Kier molecular flexibility index (Phi) is 9.26. The number of carbonyl (C=O) groups excluding carboxylic acids is 4. The smallest absolute Gasteiger partial charge is 0.338 e. The van der Waals surface area contributed by atoms with Crippen molar-refractivity contribution in [3.05, 3.63) is 48.0 Å². The van der Waals surface area contributed by atoms with Gasteiger partial charge in [-0.15, -0.1) is 0 Å². The number of hydrogen-bond donors (Lipinski definition) is 1. The van der Waals surface area contributed by atoms with Crippen LogP contribution in [0.5, 0.6) is 11.5 Å². The Morgan fingerprint density at radius 2 is 1.78 bits per heavy atom. The van der Waals surface area contributed by atoms with E-state index in [1.807, 2.05) is 6.92 Å². The largest absolute Gasteiger partial charge is 0.497 e. The van der Waals surface area contributed by atoms with E-state index >= 15 is 0 Å². The molecule has 1 aliphatic heterocycles. The number of benzene rings is 2. The summed E-state index contributed by atoms with van der Waals surface area (Å²) in [5.74, 6) is -1.59. The molecule has 1 atom stereocenters. The monoisotopic (exact) mass is 498 g/mol. The Hall–Kier alpha value is -4.08. The topological polar surface area (TPSA) is 120 Å². The van der Waals surface area contributed by atoms with Crippen LogP contribution in [0.2, 0.25) is 0 Å². The van der Waals surface area contributed by atoms with E-state index in [0.717, 1.165) is 12.8 Å². The number of nitrogens with zero attached hydrogens (tertiary/aromatic N) is 1. The molecular weight excluding hydrogens is 468 g/mol. The minimum atomic E-state index is -0.723. The second kappa shape index (κ2) is 12.6. The van der Waals surface area contributed by atoms with Gasteiger partial charge in [0.15, 0.2) is 6.61 Å². The highest BCUT2D eigenvalue weighted by Crippen LogP contribution is 2.36. The van der Waals surface area contributed by atoms with Gasteiger partial charge in [-0.2, -0.15) is 0 Å². The first kappa shape index (κ1) is 26.5. The molecule has 0 radical (unpaired) electrons. The number of hydrogen-bond acceptors (Lipinski definition) is 8. The first-order chi connectivity index (χ1) is 17.4. The maximum absolute atomic E-state index is 12.6. The summed E-state index contributed by atoms with van der Waals surface area (Å²) in [4.78, 5) is 50.8. The zero-order valence-electron chi connectivity index (χ0n) is 20.6. The lowest BCUT2D eigenvalue weighted by Gasteiger charge is -2.20. The highest BCUT2D eigenvalue weighted by atomic mass is 16.5. The van der Waals surface area contributed by atoms with E-state index < -0.39 is 30.4 Å². The number of anilines is 2. The Bertz CT molecular complexity index is 1100. The molecule has 2 amide bonds. The molecule has 10 nitrogen and oxygen atoms in total. The molecule has 1 fully saturated rings. The third-order valence-electron chi connectivity index (χ3n) is 5.62. The fraction of sp³-hybridized carbons (Fsp3) is 0.385. The van der Waals surface area contributed by atoms with Gasteiger partial charge in [0.05, 0.1) is 38.0 Å². The van der Waals surface area contributed by atoms with Crippen molar-refractivity contribution < 1.29 is 38.1 Å². The minimum Gasteiger partial charge on any atom is -0.497 e. The number of amides is 2. The van der Waals surface area contributed by atoms with Crippen LogP contribution in [-0.4, -0.2) is 57.7 Å². The summed E-state index contributed by atoms with van der Waals surface area (Å²) in [6.45, 7) is 1.95. The van der Waals surface area contributed by atoms with Gasteiger partial charge in [0.25, 0.3) is 5.91 Å². The average Bonchev–Trinajstić information content (AvgIpc) is 3.28. The van der Waals surface area contributed by atoms with Crippen molar-refractivity contribution in [2.75, 3.05) is 44.2 Å². The molecule has 1 saturated heterocycles. The predicted octanol–water partition coefficient (Wildman–Crippen LogP) is 3.20. The number of ether oxygens (including phenoxy) is 4. The lowest BCUT2D eigenvalue weighted by molar-refractivity contribution is -0.151. The molecule has 0 aliphatic carbocycles. The van der Waals surface area contributed by atoms with Crippen LogP contribution >= 0.6 is 0 Å². The quantitative estimate of drug-likeness (QED) is 0.370. The number of esters is 2. The number of methoxy groups -OCH3 is 2. The number of carbonyl (C=O) groups is 4. The summed E-state index contributed by atoms with van der Waals surface area (Å²) in [6.07, 6.45) is 1.67. The summed E-state index contributed by atoms with van der Waals surface area (Å²) in [5, 5.41) is 2.60. The van der Waals surface area contributed by atoms with Crippen molar-refractivity contribution in [2.24, 2.45) is 5.92 Å². The van der Waals surface area contributed by atoms with E-state index in [0.29, 0.717) is 35.0 Å². The van der Waals surface area contributed by atoms with E-state index in [1.165, 1.54) is 19.1 Å². The van der Waals surface area contributed by atoms with Gasteiger partial charge in [-0.1, -0.05) is 13.3 Å². The van der Waals surface area contributed by atoms with Crippen molar-refractivity contribution >= 4 is 35.1 Å². The SMILES string of the molecule is CCCCOC(=O)c1ccc(NC(=O)COC(=O)[C@H]2CC(=O)N(c3cc(OC)ccc3OC)C2)cc1. The second-order valence-corrected chi connectivity index (χ2v) is 8.17. The van der Waals surface area contributed by atoms with Crippen LogP contribution in [0.1, 0.15) is 36.5 Å². The normalized spacial score (nSPS) is 14.8. The molecule has 0 spiro atoms. The number of unbranched alkanes of at least 4 members (excludes halogenated alkanes) is 1. The number of rotatable bonds is 11. The first-order valence-corrected chi connectivity index (χ1v) is 11.6. The van der Waals surface area contributed by atoms with Gasteiger partial charge in [0.2, 0.25) is 5.91 Å². The average molecular weight is 499 g/mol.